The fourth-order valence-electron chi connectivity index (χ4n) is 2.40. The van der Waals surface area contributed by atoms with Crippen molar-refractivity contribution in [2.75, 3.05) is 25.7 Å². The largest absolute Gasteiger partial charge is 0.497 e. The van der Waals surface area contributed by atoms with Crippen molar-refractivity contribution < 1.29 is 13.2 Å². The highest BCUT2D eigenvalue weighted by Gasteiger charge is 2.30. The zero-order valence-electron chi connectivity index (χ0n) is 11.4. The minimum absolute atomic E-state index is 0.216. The summed E-state index contributed by atoms with van der Waals surface area (Å²) in [5.41, 5.74) is 1.31. The molecule has 0 saturated heterocycles. The van der Waals surface area contributed by atoms with Crippen LogP contribution in [-0.4, -0.2) is 40.1 Å². The molecule has 0 amide bonds. The van der Waals surface area contributed by atoms with Gasteiger partial charge in [0.25, 0.3) is 0 Å². The predicted octanol–water partition coefficient (Wildman–Crippen LogP) is 1.58. The fourth-order valence-corrected chi connectivity index (χ4v) is 2.89. The number of benzene rings is 1. The molecule has 0 bridgehead atoms. The van der Waals surface area contributed by atoms with Crippen LogP contribution in [0.1, 0.15) is 24.3 Å². The lowest BCUT2D eigenvalue weighted by atomic mass is 9.76. The number of nitrogens with one attached hydrogen (secondary N) is 1. The summed E-state index contributed by atoms with van der Waals surface area (Å²) in [5.74, 6) is 1.67. The number of hydrogen-bond donors (Lipinski definition) is 1. The zero-order valence-corrected chi connectivity index (χ0v) is 12.2. The Morgan fingerprint density at radius 2 is 2.11 bits per heavy atom. The van der Waals surface area contributed by atoms with Crippen molar-refractivity contribution >= 4 is 9.84 Å². The second-order valence-corrected chi connectivity index (χ2v) is 7.49. The van der Waals surface area contributed by atoms with Gasteiger partial charge in [0, 0.05) is 18.8 Å². The summed E-state index contributed by atoms with van der Waals surface area (Å²) in [6.45, 7) is 0.550. The van der Waals surface area contributed by atoms with Crippen molar-refractivity contribution in [2.45, 2.75) is 24.8 Å². The Kier molecular flexibility index (Phi) is 4.47. The number of rotatable bonds is 6. The quantitative estimate of drug-likeness (QED) is 0.861. The molecule has 0 radical (unpaired) electrons. The first-order valence-electron chi connectivity index (χ1n) is 6.53. The summed E-state index contributed by atoms with van der Waals surface area (Å²) in [6.07, 6.45) is 3.41. The Bertz CT molecular complexity index is 521. The van der Waals surface area contributed by atoms with Crippen LogP contribution in [0.3, 0.4) is 0 Å². The van der Waals surface area contributed by atoms with Crippen LogP contribution in [0.5, 0.6) is 5.75 Å². The topological polar surface area (TPSA) is 55.4 Å². The van der Waals surface area contributed by atoms with Gasteiger partial charge >= 0.3 is 0 Å². The SMILES string of the molecule is COc1cccc(C2CC(NCCS(C)(=O)=O)C2)c1. The highest BCUT2D eigenvalue weighted by Crippen LogP contribution is 2.37. The molecule has 0 unspecified atom stereocenters. The maximum Gasteiger partial charge on any atom is 0.148 e. The van der Waals surface area contributed by atoms with Gasteiger partial charge in [0.1, 0.15) is 15.6 Å². The molecule has 1 aliphatic rings. The van der Waals surface area contributed by atoms with Crippen LogP contribution in [0.25, 0.3) is 0 Å². The molecule has 1 saturated carbocycles. The van der Waals surface area contributed by atoms with Crippen molar-refractivity contribution in [1.82, 2.24) is 5.32 Å². The van der Waals surface area contributed by atoms with Gasteiger partial charge in [-0.1, -0.05) is 12.1 Å². The summed E-state index contributed by atoms with van der Waals surface area (Å²) in [6, 6.07) is 8.61. The van der Waals surface area contributed by atoms with Crippen molar-refractivity contribution in [3.63, 3.8) is 0 Å². The molecule has 5 heteroatoms. The molecular formula is C14H21NO3S. The van der Waals surface area contributed by atoms with Gasteiger partial charge in [-0.2, -0.15) is 0 Å². The first-order chi connectivity index (χ1) is 8.98. The first kappa shape index (κ1) is 14.3. The van der Waals surface area contributed by atoms with E-state index in [0.29, 0.717) is 18.5 Å². The van der Waals surface area contributed by atoms with Crippen LogP contribution in [0.4, 0.5) is 0 Å². The average Bonchev–Trinajstić information content (AvgIpc) is 2.31. The van der Waals surface area contributed by atoms with Gasteiger partial charge in [0.15, 0.2) is 0 Å². The van der Waals surface area contributed by atoms with Crippen LogP contribution < -0.4 is 10.1 Å². The van der Waals surface area contributed by atoms with Gasteiger partial charge in [-0.15, -0.1) is 0 Å². The monoisotopic (exact) mass is 283 g/mol. The highest BCUT2D eigenvalue weighted by molar-refractivity contribution is 7.90. The Balaban J connectivity index is 1.76. The van der Waals surface area contributed by atoms with E-state index in [2.05, 4.69) is 17.4 Å². The number of sulfone groups is 1. The van der Waals surface area contributed by atoms with Gasteiger partial charge in [-0.3, -0.25) is 0 Å². The number of methoxy groups -OCH3 is 1. The van der Waals surface area contributed by atoms with E-state index in [4.69, 9.17) is 4.74 Å². The van der Waals surface area contributed by atoms with Gasteiger partial charge in [-0.25, -0.2) is 8.42 Å². The minimum atomic E-state index is -2.86. The molecule has 0 aromatic heterocycles. The number of hydrogen-bond acceptors (Lipinski definition) is 4. The summed E-state index contributed by atoms with van der Waals surface area (Å²) >= 11 is 0. The Morgan fingerprint density at radius 3 is 2.74 bits per heavy atom. The van der Waals surface area contributed by atoms with Crippen LogP contribution >= 0.6 is 0 Å². The predicted molar refractivity (Wildman–Crippen MR) is 76.5 cm³/mol. The Labute approximate surface area is 115 Å². The van der Waals surface area contributed by atoms with E-state index in [-0.39, 0.29) is 5.75 Å². The van der Waals surface area contributed by atoms with Crippen LogP contribution in [0, 0.1) is 0 Å². The molecule has 0 spiro atoms. The van der Waals surface area contributed by atoms with E-state index < -0.39 is 9.84 Å². The third kappa shape index (κ3) is 4.21. The molecule has 1 aromatic carbocycles. The zero-order chi connectivity index (χ0) is 13.9. The summed E-state index contributed by atoms with van der Waals surface area (Å²) < 4.78 is 27.3. The second-order valence-electron chi connectivity index (χ2n) is 5.23. The molecule has 1 aliphatic carbocycles. The third-order valence-electron chi connectivity index (χ3n) is 3.61. The van der Waals surface area contributed by atoms with E-state index in [1.807, 2.05) is 12.1 Å². The van der Waals surface area contributed by atoms with E-state index in [9.17, 15) is 8.42 Å². The maximum absolute atomic E-state index is 11.0. The Morgan fingerprint density at radius 1 is 1.37 bits per heavy atom. The number of ether oxygens (including phenoxy) is 1. The minimum Gasteiger partial charge on any atom is -0.497 e. The van der Waals surface area contributed by atoms with Crippen molar-refractivity contribution in [3.8, 4) is 5.75 Å². The Hall–Kier alpha value is -1.07. The maximum atomic E-state index is 11.0. The lowest BCUT2D eigenvalue weighted by Crippen LogP contribution is -2.41. The third-order valence-corrected chi connectivity index (χ3v) is 4.55. The van der Waals surface area contributed by atoms with Gasteiger partial charge in [0.2, 0.25) is 0 Å². The summed E-state index contributed by atoms with van der Waals surface area (Å²) in [4.78, 5) is 0. The van der Waals surface area contributed by atoms with E-state index in [0.717, 1.165) is 18.6 Å². The first-order valence-corrected chi connectivity index (χ1v) is 8.59. The van der Waals surface area contributed by atoms with Crippen molar-refractivity contribution in [3.05, 3.63) is 29.8 Å². The highest BCUT2D eigenvalue weighted by atomic mass is 32.2. The molecule has 0 atom stereocenters. The molecule has 1 fully saturated rings. The van der Waals surface area contributed by atoms with Crippen LogP contribution in [0.15, 0.2) is 24.3 Å². The van der Waals surface area contributed by atoms with Gasteiger partial charge in [-0.05, 0) is 36.5 Å². The molecule has 19 heavy (non-hydrogen) atoms. The fraction of sp³-hybridized carbons (Fsp3) is 0.571. The van der Waals surface area contributed by atoms with E-state index in [1.54, 1.807) is 7.11 Å². The van der Waals surface area contributed by atoms with E-state index in [1.165, 1.54) is 11.8 Å². The normalized spacial score (nSPS) is 22.8. The molecule has 106 valence electrons. The van der Waals surface area contributed by atoms with E-state index >= 15 is 0 Å². The summed E-state index contributed by atoms with van der Waals surface area (Å²) in [5, 5.41) is 3.29. The van der Waals surface area contributed by atoms with Crippen molar-refractivity contribution in [1.29, 1.82) is 0 Å². The van der Waals surface area contributed by atoms with Crippen LogP contribution in [0.2, 0.25) is 0 Å². The average molecular weight is 283 g/mol. The molecule has 4 nitrogen and oxygen atoms in total. The van der Waals surface area contributed by atoms with Crippen LogP contribution in [-0.2, 0) is 9.84 Å². The molecule has 0 heterocycles. The smallest absolute Gasteiger partial charge is 0.148 e. The lowest BCUT2D eigenvalue weighted by Gasteiger charge is -2.36. The van der Waals surface area contributed by atoms with Gasteiger partial charge < -0.3 is 10.1 Å². The standard InChI is InChI=1S/C14H21NO3S/c1-18-14-5-3-4-11(10-14)12-8-13(9-12)15-6-7-19(2,16)17/h3-5,10,12-13,15H,6-9H2,1-2H3. The molecule has 0 aliphatic heterocycles. The molecule has 1 aromatic rings. The lowest BCUT2D eigenvalue weighted by molar-refractivity contribution is 0.295. The van der Waals surface area contributed by atoms with Gasteiger partial charge in [0.05, 0.1) is 12.9 Å². The van der Waals surface area contributed by atoms with Crippen molar-refractivity contribution in [2.24, 2.45) is 0 Å². The molecular weight excluding hydrogens is 262 g/mol. The molecule has 2 rings (SSSR count). The summed E-state index contributed by atoms with van der Waals surface area (Å²) in [7, 11) is -1.18. The molecule has 1 N–H and O–H groups in total. The second kappa shape index (κ2) is 5.92.